The smallest absolute Gasteiger partial charge is 0.0107 e. The molecule has 2 heteroatoms. The second kappa shape index (κ2) is 7.24. The maximum atomic E-state index is 3.57. The van der Waals surface area contributed by atoms with Crippen LogP contribution in [0.15, 0.2) is 0 Å². The fraction of sp³-hybridized carbons (Fsp3) is 1.00. The lowest BCUT2D eigenvalue weighted by molar-refractivity contribution is 0.276. The van der Waals surface area contributed by atoms with E-state index in [2.05, 4.69) is 31.0 Å². The molecule has 0 aromatic rings. The molecule has 1 fully saturated rings. The topological polar surface area (TPSA) is 15.3 Å². The average Bonchev–Trinajstić information content (AvgIpc) is 2.43. The van der Waals surface area contributed by atoms with E-state index in [1.165, 1.54) is 45.3 Å². The summed E-state index contributed by atoms with van der Waals surface area (Å²) in [6, 6.07) is 0.677. The molecule has 0 amide bonds. The van der Waals surface area contributed by atoms with E-state index < -0.39 is 0 Å². The first-order valence-corrected chi connectivity index (χ1v) is 6.68. The first-order chi connectivity index (χ1) is 7.22. The number of nitrogens with zero attached hydrogens (tertiary/aromatic N) is 1. The van der Waals surface area contributed by atoms with Gasteiger partial charge in [-0.25, -0.2) is 0 Å². The van der Waals surface area contributed by atoms with Crippen LogP contribution in [-0.2, 0) is 0 Å². The summed E-state index contributed by atoms with van der Waals surface area (Å²) in [6.07, 6.45) is 5.44. The third kappa shape index (κ3) is 5.53. The molecule has 1 aliphatic heterocycles. The maximum absolute atomic E-state index is 3.57. The fourth-order valence-electron chi connectivity index (χ4n) is 2.16. The Kier molecular flexibility index (Phi) is 6.26. The minimum absolute atomic E-state index is 0.677. The van der Waals surface area contributed by atoms with Gasteiger partial charge in [-0.3, -0.25) is 0 Å². The molecule has 0 radical (unpaired) electrons. The zero-order valence-electron chi connectivity index (χ0n) is 10.8. The molecule has 0 aliphatic carbocycles. The second-order valence-corrected chi connectivity index (χ2v) is 5.14. The quantitative estimate of drug-likeness (QED) is 0.753. The Hall–Kier alpha value is -0.0800. The molecule has 2 nitrogen and oxygen atoms in total. The molecule has 2 unspecified atom stereocenters. The maximum Gasteiger partial charge on any atom is 0.0107 e. The first-order valence-electron chi connectivity index (χ1n) is 6.68. The van der Waals surface area contributed by atoms with Gasteiger partial charge in [0.1, 0.15) is 0 Å². The van der Waals surface area contributed by atoms with Crippen molar-refractivity contribution in [3.05, 3.63) is 0 Å². The predicted molar refractivity (Wildman–Crippen MR) is 67.2 cm³/mol. The Morgan fingerprint density at radius 1 is 1.33 bits per heavy atom. The SMILES string of the molecule is CCC(C)NCCN1CCCC(C)CC1. The summed E-state index contributed by atoms with van der Waals surface area (Å²) >= 11 is 0. The van der Waals surface area contributed by atoms with Crippen molar-refractivity contribution in [2.24, 2.45) is 5.92 Å². The third-order valence-electron chi connectivity index (χ3n) is 3.64. The van der Waals surface area contributed by atoms with Crippen LogP contribution >= 0.6 is 0 Å². The van der Waals surface area contributed by atoms with Crippen molar-refractivity contribution in [2.75, 3.05) is 26.2 Å². The van der Waals surface area contributed by atoms with Gasteiger partial charge in [0.25, 0.3) is 0 Å². The fourth-order valence-corrected chi connectivity index (χ4v) is 2.16. The predicted octanol–water partition coefficient (Wildman–Crippen LogP) is 2.50. The van der Waals surface area contributed by atoms with Gasteiger partial charge in [0.15, 0.2) is 0 Å². The van der Waals surface area contributed by atoms with E-state index in [9.17, 15) is 0 Å². The molecule has 1 aliphatic rings. The van der Waals surface area contributed by atoms with Crippen molar-refractivity contribution in [3.63, 3.8) is 0 Å². The molecule has 0 bridgehead atoms. The normalized spacial score (nSPS) is 26.2. The summed E-state index contributed by atoms with van der Waals surface area (Å²) < 4.78 is 0. The van der Waals surface area contributed by atoms with Crippen LogP contribution in [0.5, 0.6) is 0 Å². The van der Waals surface area contributed by atoms with Crippen LogP contribution in [0.3, 0.4) is 0 Å². The lowest BCUT2D eigenvalue weighted by Gasteiger charge is -2.21. The standard InChI is InChI=1S/C13H28N2/c1-4-13(3)14-8-11-15-9-5-6-12(2)7-10-15/h12-14H,4-11H2,1-3H3. The Morgan fingerprint density at radius 2 is 2.13 bits per heavy atom. The van der Waals surface area contributed by atoms with Gasteiger partial charge in [0, 0.05) is 19.1 Å². The van der Waals surface area contributed by atoms with Crippen molar-refractivity contribution >= 4 is 0 Å². The molecule has 1 heterocycles. The van der Waals surface area contributed by atoms with E-state index in [4.69, 9.17) is 0 Å². The van der Waals surface area contributed by atoms with Crippen LogP contribution in [0.4, 0.5) is 0 Å². The van der Waals surface area contributed by atoms with E-state index in [-0.39, 0.29) is 0 Å². The summed E-state index contributed by atoms with van der Waals surface area (Å²) in [7, 11) is 0. The van der Waals surface area contributed by atoms with Gasteiger partial charge < -0.3 is 10.2 Å². The molecule has 0 spiro atoms. The van der Waals surface area contributed by atoms with Crippen LogP contribution in [-0.4, -0.2) is 37.1 Å². The average molecular weight is 212 g/mol. The Bertz CT molecular complexity index is 159. The Balaban J connectivity index is 2.10. The summed E-state index contributed by atoms with van der Waals surface area (Å²) in [5.74, 6) is 0.942. The van der Waals surface area contributed by atoms with E-state index in [0.717, 1.165) is 12.5 Å². The number of nitrogens with one attached hydrogen (secondary N) is 1. The van der Waals surface area contributed by atoms with Crippen molar-refractivity contribution in [1.29, 1.82) is 0 Å². The highest BCUT2D eigenvalue weighted by Gasteiger charge is 2.12. The molecule has 1 rings (SSSR count). The Labute approximate surface area is 95.4 Å². The van der Waals surface area contributed by atoms with Crippen molar-refractivity contribution in [3.8, 4) is 0 Å². The van der Waals surface area contributed by atoms with Crippen LogP contribution in [0.25, 0.3) is 0 Å². The second-order valence-electron chi connectivity index (χ2n) is 5.14. The van der Waals surface area contributed by atoms with Gasteiger partial charge >= 0.3 is 0 Å². The largest absolute Gasteiger partial charge is 0.313 e. The molecule has 2 atom stereocenters. The van der Waals surface area contributed by atoms with Gasteiger partial charge in [-0.15, -0.1) is 0 Å². The monoisotopic (exact) mass is 212 g/mol. The van der Waals surface area contributed by atoms with Gasteiger partial charge in [-0.1, -0.05) is 13.8 Å². The molecule has 0 aromatic carbocycles. The van der Waals surface area contributed by atoms with Crippen LogP contribution in [0, 0.1) is 5.92 Å². The molecular formula is C13H28N2. The van der Waals surface area contributed by atoms with Gasteiger partial charge in [0.05, 0.1) is 0 Å². The van der Waals surface area contributed by atoms with Gasteiger partial charge in [-0.05, 0) is 51.6 Å². The summed E-state index contributed by atoms with van der Waals surface area (Å²) in [4.78, 5) is 2.62. The minimum atomic E-state index is 0.677. The number of hydrogen-bond donors (Lipinski definition) is 1. The zero-order valence-corrected chi connectivity index (χ0v) is 10.8. The van der Waals surface area contributed by atoms with E-state index in [1.54, 1.807) is 0 Å². The van der Waals surface area contributed by atoms with Crippen LogP contribution < -0.4 is 5.32 Å². The third-order valence-corrected chi connectivity index (χ3v) is 3.64. The Morgan fingerprint density at radius 3 is 2.87 bits per heavy atom. The molecule has 0 aromatic heterocycles. The van der Waals surface area contributed by atoms with Gasteiger partial charge in [0.2, 0.25) is 0 Å². The molecule has 15 heavy (non-hydrogen) atoms. The zero-order chi connectivity index (χ0) is 11.1. The number of rotatable bonds is 5. The molecule has 1 N–H and O–H groups in total. The molecule has 1 saturated heterocycles. The van der Waals surface area contributed by atoms with Crippen LogP contribution in [0.2, 0.25) is 0 Å². The van der Waals surface area contributed by atoms with Crippen molar-refractivity contribution in [1.82, 2.24) is 10.2 Å². The molecule has 0 saturated carbocycles. The highest BCUT2D eigenvalue weighted by Crippen LogP contribution is 2.15. The first kappa shape index (κ1) is 13.0. The van der Waals surface area contributed by atoms with E-state index >= 15 is 0 Å². The summed E-state index contributed by atoms with van der Waals surface area (Å²) in [5, 5.41) is 3.57. The number of likely N-dealkylation sites (tertiary alicyclic amines) is 1. The lowest BCUT2D eigenvalue weighted by Crippen LogP contribution is -2.36. The molecular weight excluding hydrogens is 184 g/mol. The minimum Gasteiger partial charge on any atom is -0.313 e. The lowest BCUT2D eigenvalue weighted by atomic mass is 10.0. The molecule has 90 valence electrons. The number of hydrogen-bond acceptors (Lipinski definition) is 2. The van der Waals surface area contributed by atoms with E-state index in [1.807, 2.05) is 0 Å². The van der Waals surface area contributed by atoms with Gasteiger partial charge in [-0.2, -0.15) is 0 Å². The van der Waals surface area contributed by atoms with Crippen molar-refractivity contribution < 1.29 is 0 Å². The highest BCUT2D eigenvalue weighted by atomic mass is 15.1. The summed E-state index contributed by atoms with van der Waals surface area (Å²) in [6.45, 7) is 11.9. The van der Waals surface area contributed by atoms with Crippen LogP contribution in [0.1, 0.15) is 46.5 Å². The highest BCUT2D eigenvalue weighted by molar-refractivity contribution is 4.69. The summed E-state index contributed by atoms with van der Waals surface area (Å²) in [5.41, 5.74) is 0. The van der Waals surface area contributed by atoms with E-state index in [0.29, 0.717) is 6.04 Å². The van der Waals surface area contributed by atoms with Crippen molar-refractivity contribution in [2.45, 2.75) is 52.5 Å².